The molecule has 0 spiro atoms. The minimum absolute atomic E-state index is 0.394. The van der Waals surface area contributed by atoms with Crippen molar-refractivity contribution in [1.82, 2.24) is 9.78 Å². The maximum Gasteiger partial charge on any atom is 0.136 e. The molecule has 1 aromatic heterocycles. The van der Waals surface area contributed by atoms with Gasteiger partial charge in [-0.1, -0.05) is 12.1 Å². The van der Waals surface area contributed by atoms with Crippen LogP contribution in [0, 0.1) is 6.92 Å². The van der Waals surface area contributed by atoms with Crippen LogP contribution in [0.2, 0.25) is 0 Å². The molecule has 0 bridgehead atoms. The molecular formula is C11H13BrN2. The monoisotopic (exact) mass is 252 g/mol. The first-order chi connectivity index (χ1) is 6.61. The Bertz CT molecular complexity index is 471. The zero-order valence-corrected chi connectivity index (χ0v) is 10.2. The lowest BCUT2D eigenvalue weighted by atomic mass is 10.1. The van der Waals surface area contributed by atoms with E-state index in [0.29, 0.717) is 6.04 Å². The molecule has 1 aromatic carbocycles. The Morgan fingerprint density at radius 2 is 2.07 bits per heavy atom. The molecule has 0 amide bonds. The van der Waals surface area contributed by atoms with Crippen LogP contribution in [0.25, 0.3) is 10.9 Å². The molecule has 0 radical (unpaired) electrons. The van der Waals surface area contributed by atoms with Crippen LogP contribution in [0.4, 0.5) is 0 Å². The highest BCUT2D eigenvalue weighted by Crippen LogP contribution is 2.28. The summed E-state index contributed by atoms with van der Waals surface area (Å²) in [5.74, 6) is 0. The zero-order valence-electron chi connectivity index (χ0n) is 8.58. The molecule has 0 N–H and O–H groups in total. The number of hydrogen-bond donors (Lipinski definition) is 0. The quantitative estimate of drug-likeness (QED) is 0.757. The molecule has 14 heavy (non-hydrogen) atoms. The van der Waals surface area contributed by atoms with Crippen molar-refractivity contribution in [2.24, 2.45) is 0 Å². The summed E-state index contributed by atoms with van der Waals surface area (Å²) in [7, 11) is 0. The van der Waals surface area contributed by atoms with Crippen molar-refractivity contribution in [1.29, 1.82) is 0 Å². The molecule has 2 nitrogen and oxygen atoms in total. The smallest absolute Gasteiger partial charge is 0.136 e. The summed E-state index contributed by atoms with van der Waals surface area (Å²) in [5.41, 5.74) is 2.47. The molecule has 2 rings (SSSR count). The largest absolute Gasteiger partial charge is 0.261 e. The van der Waals surface area contributed by atoms with Crippen molar-refractivity contribution in [3.8, 4) is 0 Å². The van der Waals surface area contributed by atoms with Gasteiger partial charge in [-0.2, -0.15) is 5.10 Å². The number of aromatic nitrogens is 2. The average Bonchev–Trinajstić information content (AvgIpc) is 2.45. The van der Waals surface area contributed by atoms with E-state index in [1.165, 1.54) is 16.5 Å². The average molecular weight is 253 g/mol. The van der Waals surface area contributed by atoms with E-state index in [4.69, 9.17) is 0 Å². The summed E-state index contributed by atoms with van der Waals surface area (Å²) < 4.78 is 2.99. The molecule has 0 saturated heterocycles. The van der Waals surface area contributed by atoms with Gasteiger partial charge in [0.2, 0.25) is 0 Å². The van der Waals surface area contributed by atoms with E-state index >= 15 is 0 Å². The third-order valence-electron chi connectivity index (χ3n) is 2.39. The van der Waals surface area contributed by atoms with E-state index in [2.05, 4.69) is 60.0 Å². The molecular weight excluding hydrogens is 240 g/mol. The Hall–Kier alpha value is -0.830. The van der Waals surface area contributed by atoms with Crippen molar-refractivity contribution >= 4 is 26.8 Å². The van der Waals surface area contributed by atoms with Gasteiger partial charge in [0, 0.05) is 11.4 Å². The lowest BCUT2D eigenvalue weighted by molar-refractivity contribution is 0.548. The number of benzene rings is 1. The molecule has 0 fully saturated rings. The van der Waals surface area contributed by atoms with Crippen molar-refractivity contribution in [3.05, 3.63) is 28.4 Å². The Morgan fingerprint density at radius 3 is 2.71 bits per heavy atom. The second kappa shape index (κ2) is 3.39. The normalized spacial score (nSPS) is 11.5. The van der Waals surface area contributed by atoms with E-state index < -0.39 is 0 Å². The number of rotatable bonds is 1. The van der Waals surface area contributed by atoms with Gasteiger partial charge in [-0.15, -0.1) is 0 Å². The molecule has 0 saturated carbocycles. The van der Waals surface area contributed by atoms with Crippen molar-refractivity contribution in [3.63, 3.8) is 0 Å². The highest BCUT2D eigenvalue weighted by atomic mass is 79.9. The fourth-order valence-electron chi connectivity index (χ4n) is 1.70. The number of aryl methyl sites for hydroxylation is 1. The molecule has 0 unspecified atom stereocenters. The summed E-state index contributed by atoms with van der Waals surface area (Å²) in [5, 5.41) is 5.71. The van der Waals surface area contributed by atoms with Gasteiger partial charge in [-0.3, -0.25) is 4.68 Å². The maximum absolute atomic E-state index is 4.48. The number of halogens is 1. The number of fused-ring (bicyclic) bond motifs is 1. The topological polar surface area (TPSA) is 17.8 Å². The molecule has 0 atom stereocenters. The first kappa shape index (κ1) is 9.71. The lowest BCUT2D eigenvalue weighted by Gasteiger charge is -2.06. The van der Waals surface area contributed by atoms with Crippen LogP contribution in [-0.4, -0.2) is 9.78 Å². The zero-order chi connectivity index (χ0) is 10.3. The van der Waals surface area contributed by atoms with Crippen molar-refractivity contribution in [2.45, 2.75) is 26.8 Å². The predicted molar refractivity (Wildman–Crippen MR) is 62.6 cm³/mol. The van der Waals surface area contributed by atoms with Crippen LogP contribution >= 0.6 is 15.9 Å². The van der Waals surface area contributed by atoms with Crippen LogP contribution in [0.15, 0.2) is 22.8 Å². The van der Waals surface area contributed by atoms with E-state index in [-0.39, 0.29) is 0 Å². The van der Waals surface area contributed by atoms with Crippen LogP contribution < -0.4 is 0 Å². The standard InChI is InChI=1S/C11H13BrN2/c1-7(2)14-9-6-4-5-8(3)10(9)11(12)13-14/h4-7H,1-3H3. The second-order valence-corrected chi connectivity index (χ2v) is 4.55. The molecule has 74 valence electrons. The predicted octanol–water partition coefficient (Wildman–Crippen LogP) is 3.69. The first-order valence-electron chi connectivity index (χ1n) is 4.74. The minimum atomic E-state index is 0.394. The summed E-state index contributed by atoms with van der Waals surface area (Å²) in [6, 6.07) is 6.69. The van der Waals surface area contributed by atoms with E-state index in [9.17, 15) is 0 Å². The Labute approximate surface area is 92.0 Å². The summed E-state index contributed by atoms with van der Waals surface area (Å²) in [6.45, 7) is 6.39. The van der Waals surface area contributed by atoms with Gasteiger partial charge < -0.3 is 0 Å². The van der Waals surface area contributed by atoms with Crippen molar-refractivity contribution in [2.75, 3.05) is 0 Å². The van der Waals surface area contributed by atoms with Crippen LogP contribution in [0.1, 0.15) is 25.5 Å². The first-order valence-corrected chi connectivity index (χ1v) is 5.54. The van der Waals surface area contributed by atoms with Crippen LogP contribution in [-0.2, 0) is 0 Å². The Kier molecular flexibility index (Phi) is 2.35. The molecule has 2 aromatic rings. The summed E-state index contributed by atoms with van der Waals surface area (Å²) >= 11 is 3.50. The van der Waals surface area contributed by atoms with Gasteiger partial charge in [0.05, 0.1) is 5.52 Å². The molecule has 1 heterocycles. The van der Waals surface area contributed by atoms with Gasteiger partial charge in [-0.25, -0.2) is 0 Å². The fourth-order valence-corrected chi connectivity index (χ4v) is 2.39. The van der Waals surface area contributed by atoms with Crippen molar-refractivity contribution < 1.29 is 0 Å². The van der Waals surface area contributed by atoms with Crippen LogP contribution in [0.5, 0.6) is 0 Å². The van der Waals surface area contributed by atoms with Gasteiger partial charge in [-0.05, 0) is 48.3 Å². The van der Waals surface area contributed by atoms with Crippen LogP contribution in [0.3, 0.4) is 0 Å². The fraction of sp³-hybridized carbons (Fsp3) is 0.364. The Balaban J connectivity index is 2.84. The Morgan fingerprint density at radius 1 is 1.36 bits per heavy atom. The number of nitrogens with zero attached hydrogens (tertiary/aromatic N) is 2. The van der Waals surface area contributed by atoms with Gasteiger partial charge in [0.15, 0.2) is 0 Å². The van der Waals surface area contributed by atoms with E-state index in [0.717, 1.165) is 4.60 Å². The number of hydrogen-bond acceptors (Lipinski definition) is 1. The lowest BCUT2D eigenvalue weighted by Crippen LogP contribution is -2.01. The molecule has 0 aliphatic carbocycles. The van der Waals surface area contributed by atoms with E-state index in [1.54, 1.807) is 0 Å². The highest BCUT2D eigenvalue weighted by molar-refractivity contribution is 9.10. The third-order valence-corrected chi connectivity index (χ3v) is 2.94. The maximum atomic E-state index is 4.48. The van der Waals surface area contributed by atoms with E-state index in [1.807, 2.05) is 4.68 Å². The summed E-state index contributed by atoms with van der Waals surface area (Å²) in [6.07, 6.45) is 0. The minimum Gasteiger partial charge on any atom is -0.261 e. The molecule has 0 aliphatic heterocycles. The van der Waals surface area contributed by atoms with Gasteiger partial charge >= 0.3 is 0 Å². The molecule has 0 aliphatic rings. The highest BCUT2D eigenvalue weighted by Gasteiger charge is 2.11. The SMILES string of the molecule is Cc1cccc2c1c(Br)nn2C(C)C. The van der Waals surface area contributed by atoms with Gasteiger partial charge in [0.25, 0.3) is 0 Å². The third kappa shape index (κ3) is 1.36. The molecule has 3 heteroatoms. The van der Waals surface area contributed by atoms with Gasteiger partial charge in [0.1, 0.15) is 4.60 Å². The second-order valence-electron chi connectivity index (χ2n) is 3.80. The summed E-state index contributed by atoms with van der Waals surface area (Å²) in [4.78, 5) is 0.